The van der Waals surface area contributed by atoms with E-state index in [1.54, 1.807) is 24.5 Å². The van der Waals surface area contributed by atoms with Crippen LogP contribution in [-0.4, -0.2) is 72.8 Å². The van der Waals surface area contributed by atoms with Gasteiger partial charge < -0.3 is 14.5 Å². The summed E-state index contributed by atoms with van der Waals surface area (Å²) in [7, 11) is 1.27. The number of benzene rings is 2. The lowest BCUT2D eigenvalue weighted by Crippen LogP contribution is -2.40. The van der Waals surface area contributed by atoms with Crippen LogP contribution in [0.15, 0.2) is 83.6 Å². The van der Waals surface area contributed by atoms with Gasteiger partial charge in [-0.3, -0.25) is 19.8 Å². The number of rotatable bonds is 6. The molecule has 6 rings (SSSR count). The molecule has 210 valence electrons. The van der Waals surface area contributed by atoms with E-state index in [9.17, 15) is 24.7 Å². The minimum Gasteiger partial charge on any atom is -0.480 e. The minimum atomic E-state index is -1.02. The van der Waals surface area contributed by atoms with Crippen molar-refractivity contribution in [3.05, 3.63) is 90.4 Å². The Balaban J connectivity index is 1.22. The third-order valence-electron chi connectivity index (χ3n) is 7.35. The maximum absolute atomic E-state index is 12.8. The zero-order chi connectivity index (χ0) is 29.4. The van der Waals surface area contributed by atoms with Crippen LogP contribution in [0.25, 0.3) is 44.5 Å². The summed E-state index contributed by atoms with van der Waals surface area (Å²) in [5.41, 5.74) is 5.39. The second-order valence-electron chi connectivity index (χ2n) is 10.0. The van der Waals surface area contributed by atoms with Crippen LogP contribution in [0.3, 0.4) is 0 Å². The Morgan fingerprint density at radius 3 is 2.21 bits per heavy atom. The molecule has 1 aliphatic heterocycles. The molecule has 0 bridgehead atoms. The first-order chi connectivity index (χ1) is 20.3. The third-order valence-corrected chi connectivity index (χ3v) is 7.35. The number of pyridine rings is 2. The Labute approximate surface area is 239 Å². The van der Waals surface area contributed by atoms with Gasteiger partial charge in [0, 0.05) is 48.6 Å². The van der Waals surface area contributed by atoms with Crippen LogP contribution in [0.2, 0.25) is 0 Å². The van der Waals surface area contributed by atoms with E-state index in [1.807, 2.05) is 48.5 Å². The van der Waals surface area contributed by atoms with Gasteiger partial charge in [0.25, 0.3) is 11.8 Å². The number of likely N-dealkylation sites (tertiary alicyclic amines) is 1. The standard InChI is InChI=1S/C31H25N5O6/c1-35(41)29(37)22-15-25(33-24-12-13-32-17-23(22)24)20-8-4-18(5-9-20)19-6-10-21(11-7-19)26-16-28(42-34-26)30(38)36-14-2-3-27(36)31(39)40/h4-13,15-17,27,41H,2-3,14H2,1H3,(H,39,40)/t27-/m1/s1. The number of amides is 2. The molecule has 1 aliphatic rings. The largest absolute Gasteiger partial charge is 0.480 e. The molecular formula is C31H25N5O6. The fraction of sp³-hybridized carbons (Fsp3) is 0.161. The molecule has 3 aromatic heterocycles. The molecule has 0 unspecified atom stereocenters. The van der Waals surface area contributed by atoms with Crippen molar-refractivity contribution >= 4 is 28.7 Å². The fourth-order valence-corrected chi connectivity index (χ4v) is 5.15. The van der Waals surface area contributed by atoms with E-state index in [2.05, 4.69) is 15.1 Å². The second kappa shape index (κ2) is 10.9. The second-order valence-corrected chi connectivity index (χ2v) is 10.0. The van der Waals surface area contributed by atoms with Crippen molar-refractivity contribution < 1.29 is 29.2 Å². The molecule has 2 N–H and O–H groups in total. The van der Waals surface area contributed by atoms with E-state index >= 15 is 0 Å². The summed E-state index contributed by atoms with van der Waals surface area (Å²) >= 11 is 0. The van der Waals surface area contributed by atoms with Crippen LogP contribution in [0.5, 0.6) is 0 Å². The molecule has 11 heteroatoms. The Morgan fingerprint density at radius 1 is 0.929 bits per heavy atom. The Morgan fingerprint density at radius 2 is 1.57 bits per heavy atom. The molecule has 1 fully saturated rings. The van der Waals surface area contributed by atoms with Gasteiger partial charge in [-0.25, -0.2) is 14.8 Å². The Hall–Kier alpha value is -5.42. The number of fused-ring (bicyclic) bond motifs is 1. The molecule has 42 heavy (non-hydrogen) atoms. The van der Waals surface area contributed by atoms with Crippen molar-refractivity contribution in [2.24, 2.45) is 0 Å². The highest BCUT2D eigenvalue weighted by Crippen LogP contribution is 2.30. The third kappa shape index (κ3) is 4.97. The average Bonchev–Trinajstić information content (AvgIpc) is 3.71. The number of nitrogens with zero attached hydrogens (tertiary/aromatic N) is 5. The lowest BCUT2D eigenvalue weighted by Gasteiger charge is -2.19. The number of hydroxylamine groups is 2. The lowest BCUT2D eigenvalue weighted by molar-refractivity contribution is -0.141. The normalized spacial score (nSPS) is 14.7. The molecule has 11 nitrogen and oxygen atoms in total. The number of carbonyl (C=O) groups is 3. The molecular weight excluding hydrogens is 538 g/mol. The van der Waals surface area contributed by atoms with Crippen molar-refractivity contribution in [2.45, 2.75) is 18.9 Å². The smallest absolute Gasteiger partial charge is 0.326 e. The van der Waals surface area contributed by atoms with Crippen LogP contribution in [0.1, 0.15) is 33.8 Å². The number of hydrogen-bond donors (Lipinski definition) is 2. The molecule has 2 aromatic carbocycles. The Kier molecular flexibility index (Phi) is 6.93. The van der Waals surface area contributed by atoms with E-state index in [0.29, 0.717) is 52.3 Å². The molecule has 5 aromatic rings. The topological polar surface area (TPSA) is 150 Å². The van der Waals surface area contributed by atoms with Gasteiger partial charge in [0.1, 0.15) is 11.7 Å². The highest BCUT2D eigenvalue weighted by Gasteiger charge is 2.36. The fourth-order valence-electron chi connectivity index (χ4n) is 5.15. The van der Waals surface area contributed by atoms with Crippen molar-refractivity contribution in [1.82, 2.24) is 25.1 Å². The predicted molar refractivity (Wildman–Crippen MR) is 151 cm³/mol. The van der Waals surface area contributed by atoms with Crippen LogP contribution in [-0.2, 0) is 4.79 Å². The monoisotopic (exact) mass is 563 g/mol. The number of carboxylic acid groups (broad SMARTS) is 1. The summed E-state index contributed by atoms with van der Waals surface area (Å²) in [5.74, 6) is -2.05. The Bertz CT molecular complexity index is 1810. The van der Waals surface area contributed by atoms with Crippen molar-refractivity contribution in [2.75, 3.05) is 13.6 Å². The van der Waals surface area contributed by atoms with Gasteiger partial charge >= 0.3 is 5.97 Å². The maximum Gasteiger partial charge on any atom is 0.326 e. The van der Waals surface area contributed by atoms with E-state index in [0.717, 1.165) is 22.3 Å². The van der Waals surface area contributed by atoms with Crippen molar-refractivity contribution in [3.63, 3.8) is 0 Å². The van der Waals surface area contributed by atoms with Gasteiger partial charge in [-0.1, -0.05) is 53.7 Å². The summed E-state index contributed by atoms with van der Waals surface area (Å²) < 4.78 is 5.27. The predicted octanol–water partition coefficient (Wildman–Crippen LogP) is 4.77. The van der Waals surface area contributed by atoms with Gasteiger partial charge in [0.05, 0.1) is 16.8 Å². The highest BCUT2D eigenvalue weighted by molar-refractivity contribution is 6.06. The molecule has 0 spiro atoms. The SMILES string of the molecule is CN(O)C(=O)c1cc(-c2ccc(-c3ccc(-c4cc(C(=O)N5CCC[C@@H]5C(=O)O)on4)cc3)cc2)nc2ccncc12. The highest BCUT2D eigenvalue weighted by atomic mass is 16.5. The van der Waals surface area contributed by atoms with Gasteiger partial charge in [0.15, 0.2) is 0 Å². The van der Waals surface area contributed by atoms with E-state index in [1.165, 1.54) is 18.0 Å². The number of hydrogen-bond acceptors (Lipinski definition) is 8. The quantitative estimate of drug-likeness (QED) is 0.220. The zero-order valence-corrected chi connectivity index (χ0v) is 22.5. The number of carbonyl (C=O) groups excluding carboxylic acids is 2. The van der Waals surface area contributed by atoms with Crippen LogP contribution in [0, 0.1) is 0 Å². The van der Waals surface area contributed by atoms with E-state index < -0.39 is 23.8 Å². The van der Waals surface area contributed by atoms with Gasteiger partial charge in [-0.15, -0.1) is 0 Å². The summed E-state index contributed by atoms with van der Waals surface area (Å²) in [5, 5.41) is 24.2. The molecule has 0 aliphatic carbocycles. The lowest BCUT2D eigenvalue weighted by atomic mass is 9.99. The summed E-state index contributed by atoms with van der Waals surface area (Å²) in [6, 6.07) is 19.4. The molecule has 0 saturated carbocycles. The van der Waals surface area contributed by atoms with E-state index in [-0.39, 0.29) is 5.76 Å². The maximum atomic E-state index is 12.8. The van der Waals surface area contributed by atoms with Crippen LogP contribution < -0.4 is 0 Å². The van der Waals surface area contributed by atoms with Gasteiger partial charge in [0.2, 0.25) is 5.76 Å². The van der Waals surface area contributed by atoms with Crippen molar-refractivity contribution in [3.8, 4) is 33.6 Å². The van der Waals surface area contributed by atoms with Crippen LogP contribution in [0.4, 0.5) is 0 Å². The first-order valence-corrected chi connectivity index (χ1v) is 13.2. The molecule has 4 heterocycles. The molecule has 0 radical (unpaired) electrons. The van der Waals surface area contributed by atoms with Crippen molar-refractivity contribution in [1.29, 1.82) is 0 Å². The first-order valence-electron chi connectivity index (χ1n) is 13.2. The molecule has 1 atom stereocenters. The molecule has 1 saturated heterocycles. The minimum absolute atomic E-state index is 0.00636. The number of aromatic nitrogens is 3. The molecule has 2 amide bonds. The summed E-state index contributed by atoms with van der Waals surface area (Å²) in [6.07, 6.45) is 4.20. The van der Waals surface area contributed by atoms with Gasteiger partial charge in [-0.05, 0) is 36.1 Å². The van der Waals surface area contributed by atoms with Crippen LogP contribution >= 0.6 is 0 Å². The summed E-state index contributed by atoms with van der Waals surface area (Å²) in [4.78, 5) is 47.0. The average molecular weight is 564 g/mol. The number of aliphatic carboxylic acids is 1. The van der Waals surface area contributed by atoms with Gasteiger partial charge in [-0.2, -0.15) is 0 Å². The van der Waals surface area contributed by atoms with E-state index in [4.69, 9.17) is 4.52 Å². The number of carboxylic acids is 1. The summed E-state index contributed by atoms with van der Waals surface area (Å²) in [6.45, 7) is 0.368. The zero-order valence-electron chi connectivity index (χ0n) is 22.5. The first kappa shape index (κ1) is 26.8.